The molecular weight excluding hydrogens is 358 g/mol. The fraction of sp³-hybridized carbons (Fsp3) is 0.556. The molecule has 1 aromatic rings. The van der Waals surface area contributed by atoms with Gasteiger partial charge in [0.1, 0.15) is 5.92 Å². The first-order chi connectivity index (χ1) is 11.4. The molecule has 0 bridgehead atoms. The summed E-state index contributed by atoms with van der Waals surface area (Å²) in [6.45, 7) is 12.5. The summed E-state index contributed by atoms with van der Waals surface area (Å²) in [4.78, 5) is 24.3. The molecule has 1 saturated heterocycles. The van der Waals surface area contributed by atoms with E-state index in [4.69, 9.17) is 20.8 Å². The van der Waals surface area contributed by atoms with Gasteiger partial charge in [0.15, 0.2) is 14.5 Å². The van der Waals surface area contributed by atoms with Gasteiger partial charge in [-0.1, -0.05) is 44.5 Å². The Kier molecular flexibility index (Phi) is 5.66. The summed E-state index contributed by atoms with van der Waals surface area (Å²) in [7, 11) is -2.03. The molecule has 0 aliphatic carbocycles. The number of ether oxygens (including phenoxy) is 1. The van der Waals surface area contributed by atoms with Crippen LogP contribution in [0.4, 0.5) is 0 Å². The van der Waals surface area contributed by atoms with Crippen LogP contribution >= 0.6 is 11.6 Å². The minimum atomic E-state index is -2.03. The molecule has 138 valence electrons. The standard InChI is InChI=1S/C18H26ClNO4Si/c1-11(24-25(5,6)18(2,3)4)14-15(21)20-16(14)23-17(22)12-9-7-8-10-13(12)19/h7-11,14,16H,1-6H3,(H,20,21)/t11-,14-,16-/m1/s1. The predicted octanol–water partition coefficient (Wildman–Crippen LogP) is 3.98. The largest absolute Gasteiger partial charge is 0.437 e. The molecule has 0 unspecified atom stereocenters. The highest BCUT2D eigenvalue weighted by molar-refractivity contribution is 6.74. The van der Waals surface area contributed by atoms with Gasteiger partial charge < -0.3 is 14.5 Å². The normalized spacial score (nSPS) is 22.0. The van der Waals surface area contributed by atoms with Crippen LogP contribution in [-0.4, -0.2) is 32.5 Å². The van der Waals surface area contributed by atoms with Crippen LogP contribution in [0.25, 0.3) is 0 Å². The minimum Gasteiger partial charge on any atom is -0.437 e. The topological polar surface area (TPSA) is 64.6 Å². The molecule has 0 radical (unpaired) electrons. The summed E-state index contributed by atoms with van der Waals surface area (Å²) in [5, 5.41) is 2.98. The van der Waals surface area contributed by atoms with Crippen LogP contribution in [0.3, 0.4) is 0 Å². The van der Waals surface area contributed by atoms with Gasteiger partial charge in [-0.25, -0.2) is 4.79 Å². The number of carbonyl (C=O) groups is 2. The van der Waals surface area contributed by atoms with Crippen LogP contribution in [0.2, 0.25) is 23.2 Å². The van der Waals surface area contributed by atoms with Gasteiger partial charge in [0, 0.05) is 0 Å². The van der Waals surface area contributed by atoms with Crippen LogP contribution in [-0.2, 0) is 14.0 Å². The van der Waals surface area contributed by atoms with Gasteiger partial charge in [-0.2, -0.15) is 0 Å². The third kappa shape index (κ3) is 4.24. The zero-order valence-corrected chi connectivity index (χ0v) is 17.3. The molecule has 0 aromatic heterocycles. The van der Waals surface area contributed by atoms with E-state index in [1.54, 1.807) is 24.3 Å². The Morgan fingerprint density at radius 2 is 1.88 bits per heavy atom. The second-order valence-corrected chi connectivity index (χ2v) is 13.1. The van der Waals surface area contributed by atoms with Crippen LogP contribution in [0.15, 0.2) is 24.3 Å². The molecule has 1 N–H and O–H groups in total. The average molecular weight is 384 g/mol. The highest BCUT2D eigenvalue weighted by Gasteiger charge is 2.49. The number of halogens is 1. The van der Waals surface area contributed by atoms with Crippen molar-refractivity contribution in [3.63, 3.8) is 0 Å². The summed E-state index contributed by atoms with van der Waals surface area (Å²) in [5.74, 6) is -1.23. The minimum absolute atomic E-state index is 0.0330. The van der Waals surface area contributed by atoms with Crippen molar-refractivity contribution in [2.75, 3.05) is 0 Å². The molecule has 3 atom stereocenters. The van der Waals surface area contributed by atoms with Gasteiger partial charge in [-0.15, -0.1) is 0 Å². The Bertz CT molecular complexity index is 671. The van der Waals surface area contributed by atoms with E-state index in [1.165, 1.54) is 0 Å². The van der Waals surface area contributed by atoms with Gasteiger partial charge >= 0.3 is 5.97 Å². The third-order valence-corrected chi connectivity index (χ3v) is 9.94. The molecule has 1 aliphatic heterocycles. The average Bonchev–Trinajstić information content (AvgIpc) is 2.44. The van der Waals surface area contributed by atoms with E-state index < -0.39 is 26.4 Å². The Morgan fingerprint density at radius 1 is 1.28 bits per heavy atom. The fourth-order valence-electron chi connectivity index (χ4n) is 2.45. The molecule has 0 spiro atoms. The molecule has 5 nitrogen and oxygen atoms in total. The Hall–Kier alpha value is -1.37. The second kappa shape index (κ2) is 7.09. The molecule has 7 heteroatoms. The van der Waals surface area contributed by atoms with Gasteiger partial charge in [-0.05, 0) is 37.2 Å². The van der Waals surface area contributed by atoms with Crippen molar-refractivity contribution in [3.8, 4) is 0 Å². The molecular formula is C18H26ClNO4Si. The van der Waals surface area contributed by atoms with Crippen molar-refractivity contribution in [3.05, 3.63) is 34.9 Å². The van der Waals surface area contributed by atoms with Crippen LogP contribution in [0.1, 0.15) is 38.1 Å². The number of rotatable bonds is 5. The number of nitrogens with one attached hydrogen (secondary N) is 1. The first-order valence-corrected chi connectivity index (χ1v) is 11.7. The van der Waals surface area contributed by atoms with E-state index in [-0.39, 0.29) is 22.6 Å². The first kappa shape index (κ1) is 19.9. The van der Waals surface area contributed by atoms with Crippen molar-refractivity contribution >= 4 is 31.8 Å². The monoisotopic (exact) mass is 383 g/mol. The van der Waals surface area contributed by atoms with E-state index >= 15 is 0 Å². The van der Waals surface area contributed by atoms with Gasteiger partial charge in [0.05, 0.1) is 16.7 Å². The highest BCUT2D eigenvalue weighted by Crippen LogP contribution is 2.39. The second-order valence-electron chi connectivity index (χ2n) is 7.92. The highest BCUT2D eigenvalue weighted by atomic mass is 35.5. The fourth-order valence-corrected chi connectivity index (χ4v) is 4.09. The lowest BCUT2D eigenvalue weighted by Gasteiger charge is -2.44. The van der Waals surface area contributed by atoms with Crippen molar-refractivity contribution < 1.29 is 18.8 Å². The lowest BCUT2D eigenvalue weighted by Crippen LogP contribution is -2.65. The lowest BCUT2D eigenvalue weighted by atomic mass is 9.93. The lowest BCUT2D eigenvalue weighted by molar-refractivity contribution is -0.154. The summed E-state index contributed by atoms with van der Waals surface area (Å²) >= 11 is 6.02. The zero-order valence-electron chi connectivity index (χ0n) is 15.6. The maximum absolute atomic E-state index is 12.3. The molecule has 2 rings (SSSR count). The summed E-state index contributed by atoms with van der Waals surface area (Å²) in [5.41, 5.74) is 0.280. The zero-order chi connectivity index (χ0) is 19.0. The SMILES string of the molecule is C[C@@H](O[Si](C)(C)C(C)(C)C)[C@@H]1C(=O)N[C@@H]1OC(=O)c1ccccc1Cl. The van der Waals surface area contributed by atoms with Crippen molar-refractivity contribution in [1.82, 2.24) is 5.32 Å². The van der Waals surface area contributed by atoms with Crippen molar-refractivity contribution in [2.45, 2.75) is 58.2 Å². The van der Waals surface area contributed by atoms with E-state index in [0.29, 0.717) is 5.02 Å². The third-order valence-electron chi connectivity index (χ3n) is 5.03. The van der Waals surface area contributed by atoms with E-state index in [1.807, 2.05) is 6.92 Å². The van der Waals surface area contributed by atoms with Gasteiger partial charge in [-0.3, -0.25) is 4.79 Å². The molecule has 0 saturated carbocycles. The molecule has 1 aliphatic rings. The summed E-state index contributed by atoms with van der Waals surface area (Å²) in [6.07, 6.45) is -1.03. The number of carbonyl (C=O) groups excluding carboxylic acids is 2. The van der Waals surface area contributed by atoms with Crippen molar-refractivity contribution in [2.24, 2.45) is 5.92 Å². The number of β-lactam (4-membered cyclic amide) rings is 1. The number of hydrogen-bond donors (Lipinski definition) is 1. The van der Waals surface area contributed by atoms with Crippen LogP contribution in [0, 0.1) is 5.92 Å². The number of hydrogen-bond acceptors (Lipinski definition) is 4. The molecule has 1 fully saturated rings. The van der Waals surface area contributed by atoms with E-state index in [0.717, 1.165) is 0 Å². The first-order valence-electron chi connectivity index (χ1n) is 8.38. The van der Waals surface area contributed by atoms with Crippen LogP contribution < -0.4 is 5.32 Å². The van der Waals surface area contributed by atoms with Crippen LogP contribution in [0.5, 0.6) is 0 Å². The Labute approximate surface area is 155 Å². The Balaban J connectivity index is 2.05. The summed E-state index contributed by atoms with van der Waals surface area (Å²) < 4.78 is 11.7. The maximum atomic E-state index is 12.3. The smallest absolute Gasteiger partial charge is 0.341 e. The molecule has 1 aromatic carbocycles. The summed E-state index contributed by atoms with van der Waals surface area (Å²) in [6, 6.07) is 6.67. The van der Waals surface area contributed by atoms with Gasteiger partial charge in [0.25, 0.3) is 0 Å². The number of benzene rings is 1. The van der Waals surface area contributed by atoms with Gasteiger partial charge in [0.2, 0.25) is 5.91 Å². The van der Waals surface area contributed by atoms with E-state index in [9.17, 15) is 9.59 Å². The number of esters is 1. The molecule has 25 heavy (non-hydrogen) atoms. The molecule has 1 amide bonds. The predicted molar refractivity (Wildman–Crippen MR) is 100 cm³/mol. The maximum Gasteiger partial charge on any atom is 0.341 e. The quantitative estimate of drug-likeness (QED) is 0.474. The number of amides is 1. The Morgan fingerprint density at radius 3 is 2.40 bits per heavy atom. The molecule has 1 heterocycles. The van der Waals surface area contributed by atoms with Crippen molar-refractivity contribution in [1.29, 1.82) is 0 Å². The van der Waals surface area contributed by atoms with E-state index in [2.05, 4.69) is 39.2 Å².